The number of halogens is 2. The lowest BCUT2D eigenvalue weighted by Gasteiger charge is -2.34. The molecule has 4 nitrogen and oxygen atoms in total. The van der Waals surface area contributed by atoms with Crippen LogP contribution in [-0.4, -0.2) is 17.3 Å². The Morgan fingerprint density at radius 3 is 2.24 bits per heavy atom. The predicted octanol–water partition coefficient (Wildman–Crippen LogP) is 5.27. The first-order chi connectivity index (χ1) is 13.8. The molecule has 0 radical (unpaired) electrons. The highest BCUT2D eigenvalue weighted by molar-refractivity contribution is 6.42. The van der Waals surface area contributed by atoms with E-state index in [-0.39, 0.29) is 28.6 Å². The number of carbonyl (C=O) groups is 3. The second kappa shape index (κ2) is 7.29. The minimum atomic E-state index is -0.696. The van der Waals surface area contributed by atoms with E-state index in [1.807, 2.05) is 6.92 Å². The number of hydrogen-bond donors (Lipinski definition) is 1. The molecule has 1 atom stereocenters. The third-order valence-corrected chi connectivity index (χ3v) is 6.08. The van der Waals surface area contributed by atoms with Crippen molar-refractivity contribution in [2.75, 3.05) is 0 Å². The smallest absolute Gasteiger partial charge is 0.210 e. The lowest BCUT2D eigenvalue weighted by Crippen LogP contribution is -2.38. The van der Waals surface area contributed by atoms with Crippen LogP contribution in [0.3, 0.4) is 0 Å². The predicted molar refractivity (Wildman–Crippen MR) is 112 cm³/mol. The van der Waals surface area contributed by atoms with E-state index < -0.39 is 5.92 Å². The molecule has 0 spiro atoms. The van der Waals surface area contributed by atoms with E-state index in [1.54, 1.807) is 42.5 Å². The van der Waals surface area contributed by atoms with Gasteiger partial charge >= 0.3 is 0 Å². The van der Waals surface area contributed by atoms with E-state index in [2.05, 4.69) is 5.32 Å². The van der Waals surface area contributed by atoms with Gasteiger partial charge in [0.15, 0.2) is 11.6 Å². The van der Waals surface area contributed by atoms with E-state index >= 15 is 0 Å². The molecule has 4 rings (SSSR count). The highest BCUT2D eigenvalue weighted by Crippen LogP contribution is 2.44. The summed E-state index contributed by atoms with van der Waals surface area (Å²) < 4.78 is 0. The molecule has 29 heavy (non-hydrogen) atoms. The Morgan fingerprint density at radius 2 is 1.66 bits per heavy atom. The molecule has 0 amide bonds. The largest absolute Gasteiger partial charge is 0.355 e. The highest BCUT2D eigenvalue weighted by atomic mass is 35.5. The second-order valence-electron chi connectivity index (χ2n) is 7.03. The summed E-state index contributed by atoms with van der Waals surface area (Å²) in [5, 5.41) is 3.79. The minimum absolute atomic E-state index is 0.170. The van der Waals surface area contributed by atoms with Crippen LogP contribution in [0.1, 0.15) is 52.5 Å². The number of carbonyl (C=O) groups excluding carboxylic acids is 3. The van der Waals surface area contributed by atoms with Crippen molar-refractivity contribution in [3.8, 4) is 0 Å². The standard InChI is InChI=1S/C23H17Cl2NO3/c1-3-17-18(11(2)27)19(12-8-9-15(24)16(25)10-12)20-21(26-17)23(29)14-7-5-4-6-13(14)22(20)28/h4-10,19,26H,3H2,1-2H3. The van der Waals surface area contributed by atoms with Gasteiger partial charge in [0, 0.05) is 33.9 Å². The maximum Gasteiger partial charge on any atom is 0.210 e. The van der Waals surface area contributed by atoms with Gasteiger partial charge in [0.25, 0.3) is 0 Å². The van der Waals surface area contributed by atoms with Crippen LogP contribution in [0.2, 0.25) is 10.0 Å². The third kappa shape index (κ3) is 3.04. The molecule has 146 valence electrons. The van der Waals surface area contributed by atoms with Gasteiger partial charge in [0.2, 0.25) is 5.78 Å². The number of ketones is 3. The topological polar surface area (TPSA) is 63.2 Å². The lowest BCUT2D eigenvalue weighted by molar-refractivity contribution is -0.113. The van der Waals surface area contributed by atoms with Gasteiger partial charge in [-0.3, -0.25) is 14.4 Å². The normalized spacial score (nSPS) is 18.4. The maximum absolute atomic E-state index is 13.5. The molecule has 1 N–H and O–H groups in total. The molecular weight excluding hydrogens is 409 g/mol. The second-order valence-corrected chi connectivity index (χ2v) is 7.84. The van der Waals surface area contributed by atoms with E-state index in [0.717, 1.165) is 0 Å². The first kappa shape index (κ1) is 19.6. The summed E-state index contributed by atoms with van der Waals surface area (Å²) in [6.07, 6.45) is 0.507. The average Bonchev–Trinajstić information content (AvgIpc) is 2.72. The molecule has 1 unspecified atom stereocenters. The van der Waals surface area contributed by atoms with Crippen LogP contribution >= 0.6 is 23.2 Å². The summed E-state index contributed by atoms with van der Waals surface area (Å²) in [6.45, 7) is 3.36. The van der Waals surface area contributed by atoms with Crippen molar-refractivity contribution in [1.82, 2.24) is 5.32 Å². The van der Waals surface area contributed by atoms with E-state index in [9.17, 15) is 14.4 Å². The van der Waals surface area contributed by atoms with Crippen molar-refractivity contribution in [3.63, 3.8) is 0 Å². The Hall–Kier alpha value is -2.69. The molecular formula is C23H17Cl2NO3. The Bertz CT molecular complexity index is 1160. The maximum atomic E-state index is 13.5. The summed E-state index contributed by atoms with van der Waals surface area (Å²) in [5.74, 6) is -1.39. The fraction of sp³-hybridized carbons (Fsp3) is 0.174. The van der Waals surface area contributed by atoms with Crippen molar-refractivity contribution in [2.45, 2.75) is 26.2 Å². The summed E-state index contributed by atoms with van der Waals surface area (Å²) in [7, 11) is 0. The average molecular weight is 426 g/mol. The number of nitrogens with one attached hydrogen (secondary N) is 1. The number of benzene rings is 2. The van der Waals surface area contributed by atoms with Gasteiger partial charge in [-0.15, -0.1) is 0 Å². The summed E-state index contributed by atoms with van der Waals surface area (Å²) in [5.41, 5.74) is 2.94. The molecule has 6 heteroatoms. The van der Waals surface area contributed by atoms with Gasteiger partial charge in [-0.25, -0.2) is 0 Å². The molecule has 1 aliphatic carbocycles. The van der Waals surface area contributed by atoms with Crippen molar-refractivity contribution in [3.05, 3.63) is 91.7 Å². The molecule has 0 saturated heterocycles. The SMILES string of the molecule is CCC1=C(C(C)=O)C(c2ccc(Cl)c(Cl)c2)C2=C(N1)C(=O)c1ccccc1C2=O. The van der Waals surface area contributed by atoms with E-state index in [1.165, 1.54) is 6.92 Å². The Balaban J connectivity index is 2.01. The van der Waals surface area contributed by atoms with Gasteiger partial charge in [-0.1, -0.05) is 60.5 Å². The molecule has 0 saturated carbocycles. The fourth-order valence-corrected chi connectivity index (χ4v) is 4.36. The van der Waals surface area contributed by atoms with E-state index in [0.29, 0.717) is 44.4 Å². The zero-order valence-electron chi connectivity index (χ0n) is 15.8. The van der Waals surface area contributed by atoms with Gasteiger partial charge in [-0.2, -0.15) is 0 Å². The Morgan fingerprint density at radius 1 is 1.00 bits per heavy atom. The fourth-order valence-electron chi connectivity index (χ4n) is 4.05. The lowest BCUT2D eigenvalue weighted by atomic mass is 9.72. The molecule has 2 aromatic rings. The van der Waals surface area contributed by atoms with E-state index in [4.69, 9.17) is 23.2 Å². The zero-order chi connectivity index (χ0) is 20.9. The summed E-state index contributed by atoms with van der Waals surface area (Å²) in [4.78, 5) is 39.3. The molecule has 2 aliphatic rings. The number of Topliss-reactive ketones (excluding diaryl/α,β-unsaturated/α-hetero) is 3. The molecule has 0 bridgehead atoms. The van der Waals surface area contributed by atoms with Crippen LogP contribution in [-0.2, 0) is 4.79 Å². The van der Waals surface area contributed by atoms with Gasteiger partial charge in [0.1, 0.15) is 0 Å². The van der Waals surface area contributed by atoms with Crippen molar-refractivity contribution >= 4 is 40.6 Å². The molecule has 0 aromatic heterocycles. The van der Waals surface area contributed by atoms with Gasteiger partial charge in [0.05, 0.1) is 15.7 Å². The van der Waals surface area contributed by atoms with Crippen LogP contribution < -0.4 is 5.32 Å². The van der Waals surface area contributed by atoms with Crippen LogP contribution in [0.25, 0.3) is 0 Å². The van der Waals surface area contributed by atoms with Crippen molar-refractivity contribution < 1.29 is 14.4 Å². The number of fused-ring (bicyclic) bond motifs is 1. The Labute approximate surface area is 178 Å². The third-order valence-electron chi connectivity index (χ3n) is 5.35. The van der Waals surface area contributed by atoms with Crippen LogP contribution in [0.5, 0.6) is 0 Å². The number of hydrogen-bond acceptors (Lipinski definition) is 4. The first-order valence-electron chi connectivity index (χ1n) is 9.23. The number of rotatable bonds is 3. The zero-order valence-corrected chi connectivity index (χ0v) is 17.3. The molecule has 1 aliphatic heterocycles. The van der Waals surface area contributed by atoms with Gasteiger partial charge in [-0.05, 0) is 31.0 Å². The number of dihydropyridines is 1. The van der Waals surface area contributed by atoms with Crippen molar-refractivity contribution in [2.24, 2.45) is 0 Å². The molecule has 2 aromatic carbocycles. The quantitative estimate of drug-likeness (QED) is 0.727. The van der Waals surface area contributed by atoms with Crippen molar-refractivity contribution in [1.29, 1.82) is 0 Å². The summed E-state index contributed by atoms with van der Waals surface area (Å²) in [6, 6.07) is 11.8. The summed E-state index contributed by atoms with van der Waals surface area (Å²) >= 11 is 12.3. The van der Waals surface area contributed by atoms with Crippen LogP contribution in [0.15, 0.2) is 65.0 Å². The highest BCUT2D eigenvalue weighted by Gasteiger charge is 2.42. The van der Waals surface area contributed by atoms with Crippen LogP contribution in [0, 0.1) is 0 Å². The molecule has 1 heterocycles. The van der Waals surface area contributed by atoms with Crippen LogP contribution in [0.4, 0.5) is 0 Å². The Kier molecular flexibility index (Phi) is 4.93. The first-order valence-corrected chi connectivity index (χ1v) is 9.99. The molecule has 0 fully saturated rings. The number of allylic oxidation sites excluding steroid dienone is 4. The minimum Gasteiger partial charge on any atom is -0.355 e. The monoisotopic (exact) mass is 425 g/mol. The van der Waals surface area contributed by atoms with Gasteiger partial charge < -0.3 is 5.32 Å².